The average molecular weight is 437 g/mol. The predicted molar refractivity (Wildman–Crippen MR) is 132 cm³/mol. The lowest BCUT2D eigenvalue weighted by Gasteiger charge is -2.33. The van der Waals surface area contributed by atoms with E-state index in [0.717, 1.165) is 11.1 Å². The third-order valence-electron chi connectivity index (χ3n) is 5.97. The third kappa shape index (κ3) is 5.40. The summed E-state index contributed by atoms with van der Waals surface area (Å²) < 4.78 is 18.9. The largest absolute Gasteiger partial charge is 0.374 e. The number of rotatable bonds is 8. The van der Waals surface area contributed by atoms with E-state index in [1.165, 1.54) is 16.3 Å². The van der Waals surface area contributed by atoms with Crippen molar-refractivity contribution in [2.24, 2.45) is 0 Å². The van der Waals surface area contributed by atoms with Crippen molar-refractivity contribution in [1.29, 1.82) is 0 Å². The first-order valence-corrected chi connectivity index (χ1v) is 11.5. The van der Waals surface area contributed by atoms with Gasteiger partial charge >= 0.3 is 0 Å². The van der Waals surface area contributed by atoms with Gasteiger partial charge in [0.1, 0.15) is 18.3 Å². The van der Waals surface area contributed by atoms with Gasteiger partial charge in [0.05, 0.1) is 19.8 Å². The number of ether oxygens (including phenoxy) is 3. The van der Waals surface area contributed by atoms with Crippen molar-refractivity contribution in [3.63, 3.8) is 0 Å². The summed E-state index contributed by atoms with van der Waals surface area (Å²) in [5, 5.41) is 2.42. The summed E-state index contributed by atoms with van der Waals surface area (Å²) in [6.45, 7) is 1.54. The SMILES string of the molecule is C1=C[C@H](OCc2ccccc2)[C@@H](COCc2ccccc2)O[C@@H]1c1cccc2ccccc12. The van der Waals surface area contributed by atoms with E-state index in [2.05, 4.69) is 78.9 Å². The molecule has 0 aromatic heterocycles. The van der Waals surface area contributed by atoms with Gasteiger partial charge in [-0.2, -0.15) is 0 Å². The van der Waals surface area contributed by atoms with E-state index in [4.69, 9.17) is 14.2 Å². The van der Waals surface area contributed by atoms with E-state index >= 15 is 0 Å². The first kappa shape index (κ1) is 21.6. The second-order valence-electron chi connectivity index (χ2n) is 8.31. The van der Waals surface area contributed by atoms with Crippen LogP contribution in [0.3, 0.4) is 0 Å². The van der Waals surface area contributed by atoms with Crippen LogP contribution in [0, 0.1) is 0 Å². The van der Waals surface area contributed by atoms with Crippen LogP contribution in [0.25, 0.3) is 10.8 Å². The molecular formula is C30H28O3. The van der Waals surface area contributed by atoms with Crippen molar-refractivity contribution in [3.8, 4) is 0 Å². The Labute approximate surface area is 195 Å². The molecule has 0 bridgehead atoms. The maximum absolute atomic E-state index is 6.58. The van der Waals surface area contributed by atoms with Gasteiger partial charge in [0.15, 0.2) is 0 Å². The quantitative estimate of drug-likeness (QED) is 0.290. The Balaban J connectivity index is 1.33. The molecule has 3 atom stereocenters. The molecule has 0 N–H and O–H groups in total. The minimum Gasteiger partial charge on any atom is -0.374 e. The summed E-state index contributed by atoms with van der Waals surface area (Å²) in [6, 6.07) is 35.3. The summed E-state index contributed by atoms with van der Waals surface area (Å²) >= 11 is 0. The average Bonchev–Trinajstić information content (AvgIpc) is 2.89. The topological polar surface area (TPSA) is 27.7 Å². The zero-order chi connectivity index (χ0) is 22.3. The zero-order valence-corrected chi connectivity index (χ0v) is 18.5. The Morgan fingerprint density at radius 1 is 0.636 bits per heavy atom. The molecule has 0 saturated carbocycles. The lowest BCUT2D eigenvalue weighted by atomic mass is 9.97. The van der Waals surface area contributed by atoms with Gasteiger partial charge in [0.25, 0.3) is 0 Å². The van der Waals surface area contributed by atoms with E-state index in [9.17, 15) is 0 Å². The molecule has 0 fully saturated rings. The van der Waals surface area contributed by atoms with Gasteiger partial charge in [0, 0.05) is 0 Å². The van der Waals surface area contributed by atoms with Crippen LogP contribution in [-0.2, 0) is 27.4 Å². The van der Waals surface area contributed by atoms with Crippen molar-refractivity contribution < 1.29 is 14.2 Å². The van der Waals surface area contributed by atoms with Crippen molar-refractivity contribution >= 4 is 10.8 Å². The first-order valence-electron chi connectivity index (χ1n) is 11.5. The fourth-order valence-corrected chi connectivity index (χ4v) is 4.25. The minimum atomic E-state index is -0.202. The van der Waals surface area contributed by atoms with Gasteiger partial charge in [-0.25, -0.2) is 0 Å². The summed E-state index contributed by atoms with van der Waals surface area (Å²) in [5.41, 5.74) is 3.46. The summed E-state index contributed by atoms with van der Waals surface area (Å²) in [5.74, 6) is 0. The monoisotopic (exact) mass is 436 g/mol. The smallest absolute Gasteiger partial charge is 0.112 e. The zero-order valence-electron chi connectivity index (χ0n) is 18.5. The standard InChI is InChI=1S/C30H28O3/c1-3-10-23(11-4-1)20-31-22-30-29(32-21-24-12-5-2-6-13-24)19-18-28(33-30)27-17-9-15-25-14-7-8-16-26(25)27/h1-19,28-30H,20-22H2/t28-,29-,30+/m0/s1. The van der Waals surface area contributed by atoms with Crippen LogP contribution < -0.4 is 0 Å². The molecule has 4 aromatic carbocycles. The molecule has 0 unspecified atom stereocenters. The van der Waals surface area contributed by atoms with E-state index in [1.807, 2.05) is 36.4 Å². The molecule has 33 heavy (non-hydrogen) atoms. The van der Waals surface area contributed by atoms with Crippen LogP contribution in [0.15, 0.2) is 115 Å². The highest BCUT2D eigenvalue weighted by Crippen LogP contribution is 2.32. The minimum absolute atomic E-state index is 0.141. The molecule has 0 radical (unpaired) electrons. The summed E-state index contributed by atoms with van der Waals surface area (Å²) in [6.07, 6.45) is 3.73. The highest BCUT2D eigenvalue weighted by Gasteiger charge is 2.29. The van der Waals surface area contributed by atoms with E-state index in [1.54, 1.807) is 0 Å². The van der Waals surface area contributed by atoms with Crippen LogP contribution in [-0.4, -0.2) is 18.8 Å². The molecule has 3 heteroatoms. The molecular weight excluding hydrogens is 408 g/mol. The molecule has 5 rings (SSSR count). The lowest BCUT2D eigenvalue weighted by molar-refractivity contribution is -0.119. The second kappa shape index (κ2) is 10.6. The fraction of sp³-hybridized carbons (Fsp3) is 0.200. The Morgan fingerprint density at radius 3 is 2.09 bits per heavy atom. The maximum atomic E-state index is 6.58. The Hall–Kier alpha value is -3.24. The lowest BCUT2D eigenvalue weighted by Crippen LogP contribution is -2.38. The normalized spacial score (nSPS) is 20.2. The molecule has 1 aliphatic heterocycles. The Bertz CT molecular complexity index is 1180. The van der Waals surface area contributed by atoms with Crippen LogP contribution in [0.1, 0.15) is 22.8 Å². The summed E-state index contributed by atoms with van der Waals surface area (Å²) in [7, 11) is 0. The van der Waals surface area contributed by atoms with Gasteiger partial charge in [-0.1, -0.05) is 115 Å². The summed E-state index contributed by atoms with van der Waals surface area (Å²) in [4.78, 5) is 0. The van der Waals surface area contributed by atoms with Gasteiger partial charge in [-0.15, -0.1) is 0 Å². The Morgan fingerprint density at radius 2 is 1.30 bits per heavy atom. The van der Waals surface area contributed by atoms with Gasteiger partial charge < -0.3 is 14.2 Å². The van der Waals surface area contributed by atoms with E-state index < -0.39 is 0 Å². The number of benzene rings is 4. The van der Waals surface area contributed by atoms with Crippen molar-refractivity contribution in [2.45, 2.75) is 31.5 Å². The van der Waals surface area contributed by atoms with Gasteiger partial charge in [-0.3, -0.25) is 0 Å². The maximum Gasteiger partial charge on any atom is 0.112 e. The van der Waals surface area contributed by atoms with Crippen LogP contribution in [0.5, 0.6) is 0 Å². The highest BCUT2D eigenvalue weighted by molar-refractivity contribution is 5.86. The fourth-order valence-electron chi connectivity index (χ4n) is 4.25. The molecule has 3 nitrogen and oxygen atoms in total. The molecule has 0 saturated heterocycles. The number of fused-ring (bicyclic) bond motifs is 1. The number of hydrogen-bond acceptors (Lipinski definition) is 3. The van der Waals surface area contributed by atoms with Crippen molar-refractivity contribution in [2.75, 3.05) is 6.61 Å². The van der Waals surface area contributed by atoms with Crippen molar-refractivity contribution in [3.05, 3.63) is 132 Å². The van der Waals surface area contributed by atoms with Crippen molar-refractivity contribution in [1.82, 2.24) is 0 Å². The Kier molecular flexibility index (Phi) is 6.93. The molecule has 1 aliphatic rings. The second-order valence-corrected chi connectivity index (χ2v) is 8.31. The van der Waals surface area contributed by atoms with Crippen LogP contribution in [0.2, 0.25) is 0 Å². The van der Waals surface area contributed by atoms with Crippen LogP contribution >= 0.6 is 0 Å². The molecule has 0 spiro atoms. The third-order valence-corrected chi connectivity index (χ3v) is 5.97. The van der Waals surface area contributed by atoms with Gasteiger partial charge in [0.2, 0.25) is 0 Å². The van der Waals surface area contributed by atoms with Crippen LogP contribution in [0.4, 0.5) is 0 Å². The molecule has 4 aromatic rings. The molecule has 166 valence electrons. The molecule has 0 aliphatic carbocycles. The van der Waals surface area contributed by atoms with E-state index in [-0.39, 0.29) is 18.3 Å². The number of hydrogen-bond donors (Lipinski definition) is 0. The highest BCUT2D eigenvalue weighted by atomic mass is 16.6. The van der Waals surface area contributed by atoms with Gasteiger partial charge in [-0.05, 0) is 27.5 Å². The molecule has 0 amide bonds. The van der Waals surface area contributed by atoms with E-state index in [0.29, 0.717) is 19.8 Å². The predicted octanol–water partition coefficient (Wildman–Crippen LogP) is 6.64. The molecule has 1 heterocycles. The first-order chi connectivity index (χ1) is 16.4.